The van der Waals surface area contributed by atoms with Crippen molar-refractivity contribution in [3.05, 3.63) is 35.3 Å². The third-order valence-corrected chi connectivity index (χ3v) is 4.47. The smallest absolute Gasteiger partial charge is 0.134 e. The van der Waals surface area contributed by atoms with Crippen molar-refractivity contribution in [1.82, 2.24) is 4.98 Å². The lowest BCUT2D eigenvalue weighted by molar-refractivity contribution is 0.638. The number of hydrogen-bond donors (Lipinski definition) is 1. The molecule has 1 saturated carbocycles. The largest absolute Gasteiger partial charge is 0.384 e. The SMILES string of the molecule is CCCNc1cc(C2CCCC2)nc2c(C)ccc(F)c12. The second kappa shape index (κ2) is 6.00. The van der Waals surface area contributed by atoms with Gasteiger partial charge in [-0.05, 0) is 43.9 Å². The van der Waals surface area contributed by atoms with Crippen LogP contribution in [-0.4, -0.2) is 11.5 Å². The topological polar surface area (TPSA) is 24.9 Å². The van der Waals surface area contributed by atoms with Crippen molar-refractivity contribution >= 4 is 16.6 Å². The molecule has 112 valence electrons. The summed E-state index contributed by atoms with van der Waals surface area (Å²) in [6, 6.07) is 5.45. The fraction of sp³-hybridized carbons (Fsp3) is 0.500. The molecule has 3 rings (SSSR count). The molecule has 3 heteroatoms. The summed E-state index contributed by atoms with van der Waals surface area (Å²) < 4.78 is 14.3. The molecule has 0 aliphatic heterocycles. The van der Waals surface area contributed by atoms with E-state index in [0.717, 1.165) is 35.4 Å². The molecule has 1 heterocycles. The van der Waals surface area contributed by atoms with Gasteiger partial charge in [0.25, 0.3) is 0 Å². The van der Waals surface area contributed by atoms with Gasteiger partial charge in [0.15, 0.2) is 0 Å². The normalized spacial score (nSPS) is 15.8. The van der Waals surface area contributed by atoms with E-state index in [9.17, 15) is 4.39 Å². The number of nitrogens with one attached hydrogen (secondary N) is 1. The van der Waals surface area contributed by atoms with Crippen LogP contribution in [0.15, 0.2) is 18.2 Å². The Morgan fingerprint density at radius 2 is 2.05 bits per heavy atom. The van der Waals surface area contributed by atoms with Crippen LogP contribution in [0.2, 0.25) is 0 Å². The van der Waals surface area contributed by atoms with Crippen molar-refractivity contribution < 1.29 is 4.39 Å². The molecule has 0 unspecified atom stereocenters. The average Bonchev–Trinajstić information content (AvgIpc) is 3.02. The van der Waals surface area contributed by atoms with Crippen molar-refractivity contribution in [3.8, 4) is 0 Å². The molecule has 0 amide bonds. The van der Waals surface area contributed by atoms with Gasteiger partial charge >= 0.3 is 0 Å². The molecule has 0 atom stereocenters. The monoisotopic (exact) mass is 286 g/mol. The Balaban J connectivity index is 2.16. The van der Waals surface area contributed by atoms with Gasteiger partial charge in [-0.3, -0.25) is 4.98 Å². The summed E-state index contributed by atoms with van der Waals surface area (Å²) >= 11 is 0. The summed E-state index contributed by atoms with van der Waals surface area (Å²) in [5.74, 6) is 0.360. The number of pyridine rings is 1. The van der Waals surface area contributed by atoms with E-state index >= 15 is 0 Å². The van der Waals surface area contributed by atoms with E-state index in [1.807, 2.05) is 13.0 Å². The van der Waals surface area contributed by atoms with Gasteiger partial charge < -0.3 is 5.32 Å². The third-order valence-electron chi connectivity index (χ3n) is 4.47. The number of fused-ring (bicyclic) bond motifs is 1. The number of benzene rings is 1. The number of nitrogens with zero attached hydrogens (tertiary/aromatic N) is 1. The van der Waals surface area contributed by atoms with Gasteiger partial charge in [-0.15, -0.1) is 0 Å². The number of halogens is 1. The standard InChI is InChI=1S/C18H23FN2/c1-3-10-20-16-11-15(13-6-4-5-7-13)21-18-12(2)8-9-14(19)17(16)18/h8-9,11,13H,3-7,10H2,1-2H3,(H,20,21). The predicted molar refractivity (Wildman–Crippen MR) is 86.4 cm³/mol. The summed E-state index contributed by atoms with van der Waals surface area (Å²) in [4.78, 5) is 4.81. The van der Waals surface area contributed by atoms with Crippen LogP contribution in [-0.2, 0) is 0 Å². The van der Waals surface area contributed by atoms with Crippen molar-refractivity contribution in [3.63, 3.8) is 0 Å². The Labute approximate surface area is 125 Å². The zero-order valence-electron chi connectivity index (χ0n) is 12.9. The van der Waals surface area contributed by atoms with Crippen molar-refractivity contribution in [2.45, 2.75) is 51.9 Å². The number of rotatable bonds is 4. The van der Waals surface area contributed by atoms with Crippen molar-refractivity contribution in [1.29, 1.82) is 0 Å². The number of anilines is 1. The van der Waals surface area contributed by atoms with Gasteiger partial charge in [-0.25, -0.2) is 4.39 Å². The van der Waals surface area contributed by atoms with Crippen molar-refractivity contribution in [2.24, 2.45) is 0 Å². The van der Waals surface area contributed by atoms with Gasteiger partial charge in [0.1, 0.15) is 5.82 Å². The summed E-state index contributed by atoms with van der Waals surface area (Å²) in [5, 5.41) is 4.03. The lowest BCUT2D eigenvalue weighted by Crippen LogP contribution is -2.06. The summed E-state index contributed by atoms with van der Waals surface area (Å²) in [6.07, 6.45) is 6.00. The van der Waals surface area contributed by atoms with Crippen LogP contribution in [0, 0.1) is 12.7 Å². The van der Waals surface area contributed by atoms with Crippen molar-refractivity contribution in [2.75, 3.05) is 11.9 Å². The molecule has 1 N–H and O–H groups in total. The maximum Gasteiger partial charge on any atom is 0.134 e. The second-order valence-corrected chi connectivity index (χ2v) is 6.09. The average molecular weight is 286 g/mol. The van der Waals surface area contributed by atoms with Gasteiger partial charge in [-0.1, -0.05) is 25.8 Å². The summed E-state index contributed by atoms with van der Waals surface area (Å²) in [7, 11) is 0. The highest BCUT2D eigenvalue weighted by molar-refractivity contribution is 5.94. The summed E-state index contributed by atoms with van der Waals surface area (Å²) in [6.45, 7) is 4.99. The Bertz CT molecular complexity index is 645. The minimum Gasteiger partial charge on any atom is -0.384 e. The molecule has 1 aliphatic rings. The fourth-order valence-corrected chi connectivity index (χ4v) is 3.28. The molecule has 0 spiro atoms. The minimum atomic E-state index is -0.181. The van der Waals surface area contributed by atoms with Crippen LogP contribution in [0.3, 0.4) is 0 Å². The van der Waals surface area contributed by atoms with Crippen LogP contribution in [0.4, 0.5) is 10.1 Å². The lowest BCUT2D eigenvalue weighted by atomic mass is 10.00. The Morgan fingerprint density at radius 3 is 2.76 bits per heavy atom. The Morgan fingerprint density at radius 1 is 1.29 bits per heavy atom. The van der Waals surface area contributed by atoms with E-state index in [4.69, 9.17) is 4.98 Å². The molecule has 0 radical (unpaired) electrons. The fourth-order valence-electron chi connectivity index (χ4n) is 3.28. The first-order valence-electron chi connectivity index (χ1n) is 8.04. The van der Waals surface area contributed by atoms with E-state index < -0.39 is 0 Å². The van der Waals surface area contributed by atoms with E-state index in [1.54, 1.807) is 6.07 Å². The molecule has 0 saturated heterocycles. The zero-order valence-corrected chi connectivity index (χ0v) is 12.9. The van der Waals surface area contributed by atoms with Gasteiger partial charge in [0.2, 0.25) is 0 Å². The molecule has 1 aromatic heterocycles. The maximum absolute atomic E-state index is 14.3. The quantitative estimate of drug-likeness (QED) is 0.839. The highest BCUT2D eigenvalue weighted by atomic mass is 19.1. The van der Waals surface area contributed by atoms with E-state index in [2.05, 4.69) is 18.3 Å². The molecular formula is C18H23FN2. The first-order chi connectivity index (χ1) is 10.2. The van der Waals surface area contributed by atoms with E-state index in [-0.39, 0.29) is 5.82 Å². The first kappa shape index (κ1) is 14.3. The van der Waals surface area contributed by atoms with Crippen LogP contribution < -0.4 is 5.32 Å². The maximum atomic E-state index is 14.3. The predicted octanol–water partition coefficient (Wildman–Crippen LogP) is 5.16. The zero-order chi connectivity index (χ0) is 14.8. The van der Waals surface area contributed by atoms with E-state index in [0.29, 0.717) is 11.3 Å². The molecule has 2 aromatic rings. The highest BCUT2D eigenvalue weighted by Gasteiger charge is 2.21. The Hall–Kier alpha value is -1.64. The highest BCUT2D eigenvalue weighted by Crippen LogP contribution is 2.37. The molecule has 1 aromatic carbocycles. The third kappa shape index (κ3) is 2.74. The van der Waals surface area contributed by atoms with Crippen LogP contribution in [0.1, 0.15) is 56.2 Å². The van der Waals surface area contributed by atoms with Crippen LogP contribution in [0.25, 0.3) is 10.9 Å². The molecule has 0 bridgehead atoms. The van der Waals surface area contributed by atoms with Gasteiger partial charge in [0, 0.05) is 23.8 Å². The summed E-state index contributed by atoms with van der Waals surface area (Å²) in [5.41, 5.74) is 3.90. The van der Waals surface area contributed by atoms with Gasteiger partial charge in [0.05, 0.1) is 10.9 Å². The van der Waals surface area contributed by atoms with Gasteiger partial charge in [-0.2, -0.15) is 0 Å². The molecule has 2 nitrogen and oxygen atoms in total. The first-order valence-corrected chi connectivity index (χ1v) is 8.04. The number of hydrogen-bond acceptors (Lipinski definition) is 2. The molecule has 1 fully saturated rings. The molecule has 21 heavy (non-hydrogen) atoms. The second-order valence-electron chi connectivity index (χ2n) is 6.09. The lowest BCUT2D eigenvalue weighted by Gasteiger charge is -2.16. The minimum absolute atomic E-state index is 0.181. The van der Waals surface area contributed by atoms with E-state index in [1.165, 1.54) is 25.7 Å². The molecular weight excluding hydrogens is 263 g/mol. The molecule has 1 aliphatic carbocycles. The van der Waals surface area contributed by atoms with Crippen LogP contribution >= 0.6 is 0 Å². The Kier molecular flexibility index (Phi) is 4.09. The number of aryl methyl sites for hydroxylation is 1. The number of aromatic nitrogens is 1. The van der Waals surface area contributed by atoms with Crippen LogP contribution in [0.5, 0.6) is 0 Å².